The van der Waals surface area contributed by atoms with Gasteiger partial charge in [-0.1, -0.05) is 69.2 Å². The second kappa shape index (κ2) is 6.06. The fourth-order valence-electron chi connectivity index (χ4n) is 4.93. The van der Waals surface area contributed by atoms with Gasteiger partial charge in [-0.25, -0.2) is 0 Å². The lowest BCUT2D eigenvalue weighted by atomic mass is 9.62. The lowest BCUT2D eigenvalue weighted by Crippen LogP contribution is -2.31. The van der Waals surface area contributed by atoms with Gasteiger partial charge >= 0.3 is 5.97 Å². The topological polar surface area (TPSA) is 37.3 Å². The zero-order valence-electron chi connectivity index (χ0n) is 15.4. The highest BCUT2D eigenvalue weighted by atomic mass is 16.4. The molecular formula is C22H30O2. The summed E-state index contributed by atoms with van der Waals surface area (Å²) in [5.74, 6) is -0.670. The third kappa shape index (κ3) is 3.03. The molecule has 0 bridgehead atoms. The third-order valence-electron chi connectivity index (χ3n) is 6.43. The number of aryl methyl sites for hydroxylation is 1. The Morgan fingerprint density at radius 3 is 2.33 bits per heavy atom. The third-order valence-corrected chi connectivity index (χ3v) is 6.43. The van der Waals surface area contributed by atoms with Crippen molar-refractivity contribution in [2.75, 3.05) is 0 Å². The van der Waals surface area contributed by atoms with Crippen LogP contribution in [0.15, 0.2) is 41.5 Å². The summed E-state index contributed by atoms with van der Waals surface area (Å²) in [7, 11) is 0. The van der Waals surface area contributed by atoms with Crippen LogP contribution in [0.1, 0.15) is 58.9 Å². The Morgan fingerprint density at radius 2 is 1.71 bits per heavy atom. The smallest absolute Gasteiger partial charge is 0.307 e. The number of hydrogen-bond donors (Lipinski definition) is 1. The molecule has 0 saturated heterocycles. The summed E-state index contributed by atoms with van der Waals surface area (Å²) in [6.45, 7) is 9.24. The number of carbonyl (C=O) groups is 1. The average Bonchev–Trinajstić information content (AvgIpc) is 2.93. The fourth-order valence-corrected chi connectivity index (χ4v) is 4.93. The summed E-state index contributed by atoms with van der Waals surface area (Å²) in [6, 6.07) is 10.5. The van der Waals surface area contributed by atoms with E-state index in [1.807, 2.05) is 6.07 Å². The first-order chi connectivity index (χ1) is 11.2. The van der Waals surface area contributed by atoms with Crippen molar-refractivity contribution in [2.24, 2.45) is 22.7 Å². The summed E-state index contributed by atoms with van der Waals surface area (Å²) < 4.78 is 0. The van der Waals surface area contributed by atoms with E-state index in [1.54, 1.807) is 0 Å². The first kappa shape index (κ1) is 17.3. The minimum absolute atomic E-state index is 0.135. The van der Waals surface area contributed by atoms with E-state index in [1.165, 1.54) is 16.7 Å². The van der Waals surface area contributed by atoms with E-state index in [0.717, 1.165) is 32.1 Å². The first-order valence-corrected chi connectivity index (χ1v) is 9.23. The van der Waals surface area contributed by atoms with Gasteiger partial charge in [-0.05, 0) is 54.4 Å². The van der Waals surface area contributed by atoms with Crippen molar-refractivity contribution in [2.45, 2.75) is 59.8 Å². The molecule has 0 spiro atoms. The van der Waals surface area contributed by atoms with Gasteiger partial charge in [0.05, 0.1) is 5.92 Å². The van der Waals surface area contributed by atoms with Gasteiger partial charge in [0, 0.05) is 0 Å². The molecule has 2 nitrogen and oxygen atoms in total. The molecular weight excluding hydrogens is 296 g/mol. The largest absolute Gasteiger partial charge is 0.481 e. The van der Waals surface area contributed by atoms with Crippen molar-refractivity contribution >= 4 is 5.97 Å². The predicted molar refractivity (Wildman–Crippen MR) is 97.8 cm³/mol. The molecule has 2 aliphatic carbocycles. The molecule has 2 unspecified atom stereocenters. The zero-order chi connectivity index (χ0) is 17.5. The lowest BCUT2D eigenvalue weighted by Gasteiger charge is -2.43. The minimum atomic E-state index is -0.617. The minimum Gasteiger partial charge on any atom is -0.481 e. The van der Waals surface area contributed by atoms with Crippen LogP contribution < -0.4 is 0 Å². The van der Waals surface area contributed by atoms with E-state index < -0.39 is 5.97 Å². The Bertz CT molecular complexity index is 652. The molecule has 0 fully saturated rings. The number of hydrogen-bond acceptors (Lipinski definition) is 1. The van der Waals surface area contributed by atoms with E-state index in [4.69, 9.17) is 0 Å². The van der Waals surface area contributed by atoms with Crippen LogP contribution in [0.2, 0.25) is 0 Å². The van der Waals surface area contributed by atoms with Gasteiger partial charge in [-0.2, -0.15) is 0 Å². The van der Waals surface area contributed by atoms with Crippen LogP contribution in [-0.2, 0) is 11.2 Å². The van der Waals surface area contributed by atoms with Crippen molar-refractivity contribution in [3.63, 3.8) is 0 Å². The van der Waals surface area contributed by atoms with E-state index in [9.17, 15) is 9.90 Å². The molecule has 0 aliphatic heterocycles. The highest BCUT2D eigenvalue weighted by Gasteiger charge is 2.50. The maximum Gasteiger partial charge on any atom is 0.307 e. The molecule has 0 aromatic heterocycles. The van der Waals surface area contributed by atoms with Gasteiger partial charge in [0.25, 0.3) is 0 Å². The number of carboxylic acids is 1. The number of allylic oxidation sites excluding steroid dienone is 2. The van der Waals surface area contributed by atoms with Crippen molar-refractivity contribution in [1.82, 2.24) is 0 Å². The van der Waals surface area contributed by atoms with E-state index in [0.29, 0.717) is 0 Å². The highest BCUT2D eigenvalue weighted by Crippen LogP contribution is 2.59. The van der Waals surface area contributed by atoms with E-state index in [-0.39, 0.29) is 22.7 Å². The molecule has 0 radical (unpaired) electrons. The van der Waals surface area contributed by atoms with Crippen molar-refractivity contribution in [1.29, 1.82) is 0 Å². The molecule has 2 atom stereocenters. The van der Waals surface area contributed by atoms with Crippen LogP contribution in [0.25, 0.3) is 0 Å². The van der Waals surface area contributed by atoms with Crippen LogP contribution in [-0.4, -0.2) is 11.1 Å². The summed E-state index contributed by atoms with van der Waals surface area (Å²) in [5, 5.41) is 9.84. The Balaban J connectivity index is 1.93. The number of benzene rings is 1. The predicted octanol–water partition coefficient (Wildman–Crippen LogP) is 5.48. The Kier molecular flexibility index (Phi) is 4.36. The molecule has 2 aliphatic rings. The normalized spacial score (nSPS) is 27.8. The highest BCUT2D eigenvalue weighted by molar-refractivity contribution is 5.73. The summed E-state index contributed by atoms with van der Waals surface area (Å²) in [5.41, 5.74) is 4.52. The van der Waals surface area contributed by atoms with E-state index >= 15 is 0 Å². The van der Waals surface area contributed by atoms with Gasteiger partial charge in [0.1, 0.15) is 0 Å². The second-order valence-corrected chi connectivity index (χ2v) is 8.94. The van der Waals surface area contributed by atoms with Gasteiger partial charge in [-0.3, -0.25) is 4.79 Å². The molecule has 0 heterocycles. The van der Waals surface area contributed by atoms with Crippen LogP contribution in [0.5, 0.6) is 0 Å². The van der Waals surface area contributed by atoms with Crippen LogP contribution in [0, 0.1) is 22.7 Å². The number of carboxylic acid groups (broad SMARTS) is 1. The molecule has 130 valence electrons. The Labute approximate surface area is 146 Å². The molecule has 2 heteroatoms. The monoisotopic (exact) mass is 326 g/mol. The van der Waals surface area contributed by atoms with Gasteiger partial charge in [0.15, 0.2) is 0 Å². The number of aliphatic carboxylic acids is 1. The average molecular weight is 326 g/mol. The standard InChI is InChI=1S/C22H30O2/c1-21(2)12-13-22(3,4)19-16(17(20(23)24)14-18(19)21)11-10-15-8-6-5-7-9-15/h5-9,16-17H,10-14H2,1-4H3,(H,23,24). The maximum absolute atomic E-state index is 12.0. The number of rotatable bonds is 4. The fraction of sp³-hybridized carbons (Fsp3) is 0.591. The quantitative estimate of drug-likeness (QED) is 0.744. The summed E-state index contributed by atoms with van der Waals surface area (Å²) in [6.07, 6.45) is 4.98. The van der Waals surface area contributed by atoms with Crippen molar-refractivity contribution < 1.29 is 9.90 Å². The molecule has 0 amide bonds. The van der Waals surface area contributed by atoms with Crippen LogP contribution in [0.3, 0.4) is 0 Å². The zero-order valence-corrected chi connectivity index (χ0v) is 15.4. The maximum atomic E-state index is 12.0. The first-order valence-electron chi connectivity index (χ1n) is 9.23. The van der Waals surface area contributed by atoms with Gasteiger partial charge in [-0.15, -0.1) is 0 Å². The van der Waals surface area contributed by atoms with Crippen molar-refractivity contribution in [3.8, 4) is 0 Å². The van der Waals surface area contributed by atoms with Gasteiger partial charge in [0.2, 0.25) is 0 Å². The molecule has 1 aromatic rings. The molecule has 24 heavy (non-hydrogen) atoms. The lowest BCUT2D eigenvalue weighted by molar-refractivity contribution is -0.142. The molecule has 1 aromatic carbocycles. The summed E-state index contributed by atoms with van der Waals surface area (Å²) >= 11 is 0. The van der Waals surface area contributed by atoms with E-state index in [2.05, 4.69) is 52.0 Å². The second-order valence-electron chi connectivity index (χ2n) is 8.94. The van der Waals surface area contributed by atoms with Crippen LogP contribution >= 0.6 is 0 Å². The van der Waals surface area contributed by atoms with Crippen molar-refractivity contribution in [3.05, 3.63) is 47.0 Å². The van der Waals surface area contributed by atoms with Crippen LogP contribution in [0.4, 0.5) is 0 Å². The Hall–Kier alpha value is -1.57. The molecule has 3 rings (SSSR count). The SMILES string of the molecule is CC1(C)CCC(C)(C)C2=C1CC(C(=O)O)C2CCc1ccccc1. The summed E-state index contributed by atoms with van der Waals surface area (Å²) in [4.78, 5) is 12.0. The molecule has 1 N–H and O–H groups in total. The van der Waals surface area contributed by atoms with Gasteiger partial charge < -0.3 is 5.11 Å². The Morgan fingerprint density at radius 1 is 1.08 bits per heavy atom. The molecule has 0 saturated carbocycles.